The van der Waals surface area contributed by atoms with Crippen LogP contribution in [-0.2, 0) is 6.54 Å². The molecule has 1 N–H and O–H groups in total. The van der Waals surface area contributed by atoms with Crippen molar-refractivity contribution in [3.8, 4) is 0 Å². The predicted octanol–water partition coefficient (Wildman–Crippen LogP) is 1.90. The number of likely N-dealkylation sites (N-methyl/N-ethyl adjacent to an activating group) is 1. The molecular weight excluding hydrogens is 200 g/mol. The van der Waals surface area contributed by atoms with Gasteiger partial charge in [0.2, 0.25) is 5.95 Å². The van der Waals surface area contributed by atoms with Crippen LogP contribution in [0.15, 0.2) is 12.4 Å². The van der Waals surface area contributed by atoms with E-state index >= 15 is 0 Å². The quantitative estimate of drug-likeness (QED) is 0.768. The zero-order valence-corrected chi connectivity index (χ0v) is 10.9. The van der Waals surface area contributed by atoms with Crippen LogP contribution in [0.5, 0.6) is 0 Å². The lowest BCUT2D eigenvalue weighted by molar-refractivity contribution is 0.336. The Bertz CT molecular complexity index is 293. The molecule has 92 valence electrons. The molecule has 0 saturated heterocycles. The average Bonchev–Trinajstić information content (AvgIpc) is 2.70. The van der Waals surface area contributed by atoms with Crippen molar-refractivity contribution in [1.82, 2.24) is 14.5 Å². The van der Waals surface area contributed by atoms with Crippen molar-refractivity contribution in [3.63, 3.8) is 0 Å². The fourth-order valence-electron chi connectivity index (χ4n) is 1.39. The van der Waals surface area contributed by atoms with E-state index in [0.717, 1.165) is 32.1 Å². The Labute approximate surface area is 98.7 Å². The molecule has 0 aliphatic carbocycles. The zero-order chi connectivity index (χ0) is 12.0. The Kier molecular flexibility index (Phi) is 5.32. The number of hydrogen-bond acceptors (Lipinski definition) is 3. The van der Waals surface area contributed by atoms with Crippen LogP contribution >= 0.6 is 0 Å². The van der Waals surface area contributed by atoms with E-state index in [1.54, 1.807) is 0 Å². The van der Waals surface area contributed by atoms with Crippen LogP contribution in [0.25, 0.3) is 0 Å². The van der Waals surface area contributed by atoms with Crippen molar-refractivity contribution < 1.29 is 0 Å². The largest absolute Gasteiger partial charge is 0.355 e. The average molecular weight is 224 g/mol. The molecular formula is C12H24N4. The summed E-state index contributed by atoms with van der Waals surface area (Å²) in [6.45, 7) is 10.7. The first kappa shape index (κ1) is 13.0. The molecule has 0 unspecified atom stereocenters. The fraction of sp³-hybridized carbons (Fsp3) is 0.750. The van der Waals surface area contributed by atoms with Crippen LogP contribution in [-0.4, -0.2) is 41.1 Å². The molecule has 0 aromatic carbocycles. The molecule has 1 heterocycles. The van der Waals surface area contributed by atoms with E-state index in [0.29, 0.717) is 5.92 Å². The van der Waals surface area contributed by atoms with Crippen molar-refractivity contribution in [1.29, 1.82) is 0 Å². The molecule has 0 aliphatic rings. The number of aromatic nitrogens is 2. The standard InChI is InChI=1S/C12H24N4/c1-5-15(4)8-9-16-7-6-13-12(16)14-10-11(2)3/h6-7,11H,5,8-10H2,1-4H3,(H,13,14). The van der Waals surface area contributed by atoms with Crippen LogP contribution in [0.2, 0.25) is 0 Å². The first-order valence-electron chi connectivity index (χ1n) is 6.07. The summed E-state index contributed by atoms with van der Waals surface area (Å²) >= 11 is 0. The van der Waals surface area contributed by atoms with Gasteiger partial charge in [-0.05, 0) is 19.5 Å². The van der Waals surface area contributed by atoms with E-state index in [1.165, 1.54) is 0 Å². The van der Waals surface area contributed by atoms with Gasteiger partial charge in [0.25, 0.3) is 0 Å². The van der Waals surface area contributed by atoms with Gasteiger partial charge < -0.3 is 14.8 Å². The van der Waals surface area contributed by atoms with Crippen LogP contribution in [0.4, 0.5) is 5.95 Å². The van der Waals surface area contributed by atoms with Gasteiger partial charge in [-0.3, -0.25) is 0 Å². The van der Waals surface area contributed by atoms with Crippen molar-refractivity contribution in [2.24, 2.45) is 5.92 Å². The molecule has 4 heteroatoms. The summed E-state index contributed by atoms with van der Waals surface area (Å²) in [4.78, 5) is 6.62. The second-order valence-electron chi connectivity index (χ2n) is 4.61. The van der Waals surface area contributed by atoms with Gasteiger partial charge in [0.05, 0.1) is 0 Å². The number of hydrogen-bond donors (Lipinski definition) is 1. The van der Waals surface area contributed by atoms with Gasteiger partial charge in [-0.15, -0.1) is 0 Å². The highest BCUT2D eigenvalue weighted by atomic mass is 15.2. The molecule has 0 atom stereocenters. The fourth-order valence-corrected chi connectivity index (χ4v) is 1.39. The minimum absolute atomic E-state index is 0.642. The number of anilines is 1. The monoisotopic (exact) mass is 224 g/mol. The zero-order valence-electron chi connectivity index (χ0n) is 10.9. The number of imidazole rings is 1. The Morgan fingerprint density at radius 1 is 1.50 bits per heavy atom. The highest BCUT2D eigenvalue weighted by Crippen LogP contribution is 2.05. The van der Waals surface area contributed by atoms with Gasteiger partial charge >= 0.3 is 0 Å². The normalized spacial score (nSPS) is 11.4. The summed E-state index contributed by atoms with van der Waals surface area (Å²) in [5.41, 5.74) is 0. The molecule has 0 spiro atoms. The molecule has 0 fully saturated rings. The molecule has 1 rings (SSSR count). The third kappa shape index (κ3) is 4.23. The molecule has 16 heavy (non-hydrogen) atoms. The van der Waals surface area contributed by atoms with Crippen LogP contribution in [0.3, 0.4) is 0 Å². The third-order valence-corrected chi connectivity index (χ3v) is 2.65. The molecule has 0 aliphatic heterocycles. The van der Waals surface area contributed by atoms with Gasteiger partial charge in [0, 0.05) is 32.0 Å². The number of rotatable bonds is 7. The lowest BCUT2D eigenvalue weighted by atomic mass is 10.2. The minimum Gasteiger partial charge on any atom is -0.355 e. The maximum absolute atomic E-state index is 4.33. The van der Waals surface area contributed by atoms with Gasteiger partial charge in [0.15, 0.2) is 0 Å². The van der Waals surface area contributed by atoms with E-state index in [1.807, 2.05) is 12.4 Å². The molecule has 0 bridgehead atoms. The van der Waals surface area contributed by atoms with Crippen molar-refractivity contribution >= 4 is 5.95 Å². The van der Waals surface area contributed by atoms with Crippen LogP contribution in [0.1, 0.15) is 20.8 Å². The predicted molar refractivity (Wildman–Crippen MR) is 68.7 cm³/mol. The van der Waals surface area contributed by atoms with Gasteiger partial charge in [-0.1, -0.05) is 20.8 Å². The maximum Gasteiger partial charge on any atom is 0.202 e. The first-order chi connectivity index (χ1) is 7.63. The Morgan fingerprint density at radius 2 is 2.25 bits per heavy atom. The topological polar surface area (TPSA) is 33.1 Å². The van der Waals surface area contributed by atoms with Crippen molar-refractivity contribution in [2.45, 2.75) is 27.3 Å². The smallest absolute Gasteiger partial charge is 0.202 e. The molecule has 4 nitrogen and oxygen atoms in total. The molecule has 0 saturated carbocycles. The van der Waals surface area contributed by atoms with Crippen molar-refractivity contribution in [2.75, 3.05) is 32.0 Å². The summed E-state index contributed by atoms with van der Waals surface area (Å²) in [6.07, 6.45) is 3.89. The Balaban J connectivity index is 2.43. The third-order valence-electron chi connectivity index (χ3n) is 2.65. The highest BCUT2D eigenvalue weighted by Gasteiger charge is 2.03. The number of nitrogens with zero attached hydrogens (tertiary/aromatic N) is 3. The highest BCUT2D eigenvalue weighted by molar-refractivity contribution is 5.25. The van der Waals surface area contributed by atoms with Crippen LogP contribution < -0.4 is 5.32 Å². The van der Waals surface area contributed by atoms with Gasteiger partial charge in [0.1, 0.15) is 0 Å². The Morgan fingerprint density at radius 3 is 2.88 bits per heavy atom. The maximum atomic E-state index is 4.33. The first-order valence-corrected chi connectivity index (χ1v) is 6.07. The van der Waals surface area contributed by atoms with Crippen molar-refractivity contribution in [3.05, 3.63) is 12.4 Å². The van der Waals surface area contributed by atoms with E-state index in [4.69, 9.17) is 0 Å². The lowest BCUT2D eigenvalue weighted by Crippen LogP contribution is -2.23. The summed E-state index contributed by atoms with van der Waals surface area (Å²) < 4.78 is 2.18. The Hall–Kier alpha value is -1.03. The molecule has 1 aromatic heterocycles. The van der Waals surface area contributed by atoms with Gasteiger partial charge in [-0.2, -0.15) is 0 Å². The van der Waals surface area contributed by atoms with Gasteiger partial charge in [-0.25, -0.2) is 4.98 Å². The summed E-state index contributed by atoms with van der Waals surface area (Å²) in [7, 11) is 2.14. The lowest BCUT2D eigenvalue weighted by Gasteiger charge is -2.16. The second-order valence-corrected chi connectivity index (χ2v) is 4.61. The molecule has 0 radical (unpaired) electrons. The molecule has 0 amide bonds. The van der Waals surface area contributed by atoms with E-state index in [9.17, 15) is 0 Å². The van der Waals surface area contributed by atoms with E-state index in [-0.39, 0.29) is 0 Å². The molecule has 1 aromatic rings. The van der Waals surface area contributed by atoms with E-state index in [2.05, 4.69) is 47.6 Å². The summed E-state index contributed by atoms with van der Waals surface area (Å²) in [5, 5.41) is 3.37. The summed E-state index contributed by atoms with van der Waals surface area (Å²) in [6, 6.07) is 0. The minimum atomic E-state index is 0.642. The summed E-state index contributed by atoms with van der Waals surface area (Å²) in [5.74, 6) is 1.63. The van der Waals surface area contributed by atoms with Crippen LogP contribution in [0, 0.1) is 5.92 Å². The number of nitrogens with one attached hydrogen (secondary N) is 1. The SMILES string of the molecule is CCN(C)CCn1ccnc1NCC(C)C. The van der Waals surface area contributed by atoms with E-state index < -0.39 is 0 Å². The second kappa shape index (κ2) is 6.53.